The third-order valence-electron chi connectivity index (χ3n) is 11.1. The van der Waals surface area contributed by atoms with Crippen molar-refractivity contribution in [2.24, 2.45) is 5.92 Å². The summed E-state index contributed by atoms with van der Waals surface area (Å²) in [4.78, 5) is 33.6. The van der Waals surface area contributed by atoms with Crippen LogP contribution in [0.15, 0.2) is 187 Å². The van der Waals surface area contributed by atoms with Crippen molar-refractivity contribution in [1.82, 2.24) is 19.5 Å². The second-order valence-corrected chi connectivity index (χ2v) is 14.7. The molecule has 0 aliphatic heterocycles. The second-order valence-electron chi connectivity index (χ2n) is 14.7. The molecule has 0 aliphatic carbocycles. The average molecular weight is 798 g/mol. The summed E-state index contributed by atoms with van der Waals surface area (Å²) < 4.78 is 15.0. The number of aromatic amines is 1. The minimum Gasteiger partial charge on any atom is -0.497 e. The van der Waals surface area contributed by atoms with Crippen LogP contribution >= 0.6 is 0 Å². The SMILES string of the molecule is COc1ccc(C(OC(CC(C)CO)n2cnc3c(=O)[nH]c(N(OC)C(c4ccccc4)(c4ccccc4)c4ccccc4)nc32)(c2ccccc2)c2ccccc2)cc1. The number of nitrogens with one attached hydrogen (secondary N) is 1. The van der Waals surface area contributed by atoms with E-state index in [4.69, 9.17) is 19.3 Å². The van der Waals surface area contributed by atoms with Crippen molar-refractivity contribution in [2.75, 3.05) is 25.9 Å². The lowest BCUT2D eigenvalue weighted by Crippen LogP contribution is -2.49. The van der Waals surface area contributed by atoms with E-state index in [-0.39, 0.29) is 29.6 Å². The zero-order valence-electron chi connectivity index (χ0n) is 33.8. The van der Waals surface area contributed by atoms with Gasteiger partial charge in [0.25, 0.3) is 5.56 Å². The van der Waals surface area contributed by atoms with E-state index in [0.717, 1.165) is 33.4 Å². The van der Waals surface area contributed by atoms with E-state index >= 15 is 0 Å². The van der Waals surface area contributed by atoms with E-state index in [1.165, 1.54) is 0 Å². The lowest BCUT2D eigenvalue weighted by molar-refractivity contribution is -0.0962. The number of benzene rings is 6. The molecule has 8 rings (SSSR count). The molecule has 0 saturated carbocycles. The Morgan fingerprint density at radius 1 is 0.667 bits per heavy atom. The zero-order valence-corrected chi connectivity index (χ0v) is 33.8. The maximum atomic E-state index is 14.3. The lowest BCUT2D eigenvalue weighted by Gasteiger charge is -2.43. The highest BCUT2D eigenvalue weighted by Gasteiger charge is 2.46. The van der Waals surface area contributed by atoms with Crippen LogP contribution in [0.4, 0.5) is 5.95 Å². The standard InChI is InChI=1S/C50H47N5O5/c1-36(34-56)33-44(60-50(40-25-15-7-16-26-40,41-27-17-8-18-28-41)42-29-31-43(58-2)32-30-42)54-35-51-45-46(54)52-48(53-47(45)57)55(59-3)49(37-19-9-4-10-20-37,38-21-11-5-12-22-38)39-23-13-6-14-24-39/h4-32,35-36,44,56H,33-34H2,1-3H3,(H,52,53,57). The molecule has 2 atom stereocenters. The fourth-order valence-corrected chi connectivity index (χ4v) is 8.21. The van der Waals surface area contributed by atoms with Crippen molar-refractivity contribution in [3.63, 3.8) is 0 Å². The first-order chi connectivity index (χ1) is 29.4. The Morgan fingerprint density at radius 2 is 1.12 bits per heavy atom. The van der Waals surface area contributed by atoms with Crippen LogP contribution in [0.5, 0.6) is 5.75 Å². The number of nitrogens with zero attached hydrogens (tertiary/aromatic N) is 4. The first kappa shape index (κ1) is 40.0. The highest BCUT2D eigenvalue weighted by Crippen LogP contribution is 2.46. The van der Waals surface area contributed by atoms with Crippen LogP contribution in [-0.4, -0.2) is 45.5 Å². The molecule has 0 fully saturated rings. The molecule has 0 aliphatic rings. The first-order valence-corrected chi connectivity index (χ1v) is 20.0. The van der Waals surface area contributed by atoms with Crippen LogP contribution < -0.4 is 15.4 Å². The van der Waals surface area contributed by atoms with E-state index in [2.05, 4.69) is 9.97 Å². The van der Waals surface area contributed by atoms with Gasteiger partial charge in [0.2, 0.25) is 5.95 Å². The van der Waals surface area contributed by atoms with Gasteiger partial charge in [-0.3, -0.25) is 19.2 Å². The summed E-state index contributed by atoms with van der Waals surface area (Å²) >= 11 is 0. The van der Waals surface area contributed by atoms with Crippen molar-refractivity contribution in [3.8, 4) is 5.75 Å². The number of methoxy groups -OCH3 is 1. The van der Waals surface area contributed by atoms with Gasteiger partial charge < -0.3 is 14.6 Å². The molecule has 0 saturated heterocycles. The van der Waals surface area contributed by atoms with Crippen LogP contribution in [0.1, 0.15) is 53.0 Å². The van der Waals surface area contributed by atoms with Crippen molar-refractivity contribution >= 4 is 17.1 Å². The second kappa shape index (κ2) is 17.6. The Balaban J connectivity index is 1.37. The van der Waals surface area contributed by atoms with Gasteiger partial charge >= 0.3 is 0 Å². The van der Waals surface area contributed by atoms with Gasteiger partial charge in [0.1, 0.15) is 23.1 Å². The van der Waals surface area contributed by atoms with Crippen molar-refractivity contribution in [2.45, 2.75) is 30.7 Å². The predicted molar refractivity (Wildman–Crippen MR) is 234 cm³/mol. The van der Waals surface area contributed by atoms with E-state index in [9.17, 15) is 9.90 Å². The quantitative estimate of drug-likeness (QED) is 0.0736. The van der Waals surface area contributed by atoms with Gasteiger partial charge in [-0.25, -0.2) is 10.0 Å². The Morgan fingerprint density at radius 3 is 1.55 bits per heavy atom. The fourth-order valence-electron chi connectivity index (χ4n) is 8.21. The molecule has 2 N–H and O–H groups in total. The monoisotopic (exact) mass is 797 g/mol. The van der Waals surface area contributed by atoms with Gasteiger partial charge in [0.05, 0.1) is 20.5 Å². The summed E-state index contributed by atoms with van der Waals surface area (Å²) in [5, 5.41) is 12.2. The van der Waals surface area contributed by atoms with Crippen LogP contribution in [0.2, 0.25) is 0 Å². The van der Waals surface area contributed by atoms with Crippen molar-refractivity contribution in [3.05, 3.63) is 226 Å². The Hall–Kier alpha value is -6.85. The van der Waals surface area contributed by atoms with E-state index in [1.54, 1.807) is 30.2 Å². The Bertz CT molecular complexity index is 2520. The maximum Gasteiger partial charge on any atom is 0.280 e. The highest BCUT2D eigenvalue weighted by atomic mass is 16.7. The molecule has 60 heavy (non-hydrogen) atoms. The van der Waals surface area contributed by atoms with Crippen LogP contribution in [0, 0.1) is 5.92 Å². The molecule has 302 valence electrons. The van der Waals surface area contributed by atoms with E-state index in [1.807, 2.05) is 183 Å². The van der Waals surface area contributed by atoms with Gasteiger partial charge in [0.15, 0.2) is 11.2 Å². The number of rotatable bonds is 16. The number of hydrogen-bond donors (Lipinski definition) is 2. The van der Waals surface area contributed by atoms with Gasteiger partial charge in [-0.2, -0.15) is 4.98 Å². The number of hydrogen-bond acceptors (Lipinski definition) is 8. The smallest absolute Gasteiger partial charge is 0.280 e. The average Bonchev–Trinajstić information content (AvgIpc) is 3.75. The Labute approximate surface area is 349 Å². The third kappa shape index (κ3) is 7.26. The molecule has 0 amide bonds. The number of aromatic nitrogens is 4. The summed E-state index contributed by atoms with van der Waals surface area (Å²) in [7, 11) is 3.21. The third-order valence-corrected chi connectivity index (χ3v) is 11.1. The molecular weight excluding hydrogens is 751 g/mol. The predicted octanol–water partition coefficient (Wildman–Crippen LogP) is 9.01. The number of hydroxylamine groups is 1. The fraction of sp³-hybridized carbons (Fsp3) is 0.180. The van der Waals surface area contributed by atoms with Crippen molar-refractivity contribution < 1.29 is 19.4 Å². The summed E-state index contributed by atoms with van der Waals surface area (Å²) in [6.45, 7) is 1.87. The maximum absolute atomic E-state index is 14.3. The van der Waals surface area contributed by atoms with Crippen LogP contribution in [-0.2, 0) is 20.7 Å². The number of anilines is 1. The summed E-state index contributed by atoms with van der Waals surface area (Å²) in [5.74, 6) is 0.636. The molecule has 0 radical (unpaired) electrons. The molecule has 6 aromatic carbocycles. The first-order valence-electron chi connectivity index (χ1n) is 20.0. The van der Waals surface area contributed by atoms with Gasteiger partial charge in [-0.15, -0.1) is 0 Å². The van der Waals surface area contributed by atoms with E-state index < -0.39 is 22.9 Å². The molecule has 2 heterocycles. The minimum absolute atomic E-state index is 0.0941. The van der Waals surface area contributed by atoms with Crippen LogP contribution in [0.25, 0.3) is 11.2 Å². The molecule has 10 nitrogen and oxygen atoms in total. The highest BCUT2D eigenvalue weighted by molar-refractivity contribution is 5.72. The zero-order chi connectivity index (χ0) is 41.5. The molecule has 0 bridgehead atoms. The van der Waals surface area contributed by atoms with Crippen molar-refractivity contribution in [1.29, 1.82) is 0 Å². The summed E-state index contributed by atoms with van der Waals surface area (Å²) in [6.07, 6.45) is 1.13. The normalized spacial score (nSPS) is 12.9. The Kier molecular flexibility index (Phi) is 11.7. The molecule has 2 aromatic heterocycles. The molecule has 10 heteroatoms. The molecule has 2 unspecified atom stereocenters. The summed E-state index contributed by atoms with van der Waals surface area (Å²) in [6, 6.07) is 58.0. The largest absolute Gasteiger partial charge is 0.497 e. The number of aliphatic hydroxyl groups is 1. The van der Waals surface area contributed by atoms with Gasteiger partial charge in [-0.1, -0.05) is 171 Å². The molecule has 0 spiro atoms. The number of ether oxygens (including phenoxy) is 2. The van der Waals surface area contributed by atoms with Gasteiger partial charge in [0, 0.05) is 6.61 Å². The van der Waals surface area contributed by atoms with Gasteiger partial charge in [-0.05, 0) is 57.9 Å². The molecular formula is C50H47N5O5. The summed E-state index contributed by atoms with van der Waals surface area (Å²) in [5.41, 5.74) is 2.89. The van der Waals surface area contributed by atoms with E-state index in [0.29, 0.717) is 12.2 Å². The number of imidazole rings is 1. The number of H-pyrrole nitrogens is 1. The topological polar surface area (TPSA) is 115 Å². The minimum atomic E-state index is -1.18. The van der Waals surface area contributed by atoms with Crippen LogP contribution in [0.3, 0.4) is 0 Å². The number of fused-ring (bicyclic) bond motifs is 1. The number of aliphatic hydroxyl groups excluding tert-OH is 1. The lowest BCUT2D eigenvalue weighted by atomic mass is 9.76. The molecule has 8 aromatic rings.